The molecule has 1 unspecified atom stereocenters. The van der Waals surface area contributed by atoms with E-state index < -0.39 is 6.04 Å². The molecule has 0 saturated heterocycles. The fourth-order valence-corrected chi connectivity index (χ4v) is 1.40. The largest absolute Gasteiger partial charge is 0.320 e. The van der Waals surface area contributed by atoms with Crippen molar-refractivity contribution >= 4 is 11.6 Å². The van der Waals surface area contributed by atoms with E-state index in [-0.39, 0.29) is 11.8 Å². The standard InChI is InChI=1S/C12H19N3O/c1-4-9(2)11(13)12(16)15(3)10-6-5-7-14-8-10/h5-9,11H,4,13H2,1-3H3/t9?,11-/m0/s1. The minimum absolute atomic E-state index is 0.0673. The van der Waals surface area contributed by atoms with E-state index in [4.69, 9.17) is 5.73 Å². The first kappa shape index (κ1) is 12.6. The van der Waals surface area contributed by atoms with Gasteiger partial charge in [-0.15, -0.1) is 0 Å². The molecular formula is C12H19N3O. The zero-order valence-electron chi connectivity index (χ0n) is 10.1. The second-order valence-corrected chi connectivity index (χ2v) is 4.02. The number of nitrogens with zero attached hydrogens (tertiary/aromatic N) is 2. The number of carbonyl (C=O) groups is 1. The summed E-state index contributed by atoms with van der Waals surface area (Å²) < 4.78 is 0. The molecule has 1 heterocycles. The van der Waals surface area contributed by atoms with Gasteiger partial charge in [0, 0.05) is 13.2 Å². The molecule has 88 valence electrons. The molecule has 0 spiro atoms. The zero-order valence-corrected chi connectivity index (χ0v) is 10.1. The van der Waals surface area contributed by atoms with Crippen LogP contribution in [0.1, 0.15) is 20.3 Å². The summed E-state index contributed by atoms with van der Waals surface area (Å²) in [4.78, 5) is 17.6. The molecule has 1 aromatic heterocycles. The van der Waals surface area contributed by atoms with Gasteiger partial charge >= 0.3 is 0 Å². The Morgan fingerprint density at radius 1 is 1.62 bits per heavy atom. The predicted octanol–water partition coefficient (Wildman–Crippen LogP) is 1.42. The molecule has 4 heteroatoms. The number of hydrogen-bond donors (Lipinski definition) is 1. The van der Waals surface area contributed by atoms with Gasteiger partial charge in [-0.05, 0) is 18.1 Å². The van der Waals surface area contributed by atoms with Gasteiger partial charge in [0.15, 0.2) is 0 Å². The summed E-state index contributed by atoms with van der Waals surface area (Å²) in [6.07, 6.45) is 4.23. The number of anilines is 1. The van der Waals surface area contributed by atoms with Gasteiger partial charge in [-0.1, -0.05) is 20.3 Å². The van der Waals surface area contributed by atoms with Gasteiger partial charge in [-0.2, -0.15) is 0 Å². The van der Waals surface area contributed by atoms with E-state index in [0.29, 0.717) is 0 Å². The molecular weight excluding hydrogens is 202 g/mol. The van der Waals surface area contributed by atoms with E-state index in [1.54, 1.807) is 30.4 Å². The molecule has 0 aromatic carbocycles. The number of carbonyl (C=O) groups excluding carboxylic acids is 1. The summed E-state index contributed by atoms with van der Waals surface area (Å²) in [5, 5.41) is 0. The lowest BCUT2D eigenvalue weighted by Gasteiger charge is -2.24. The smallest absolute Gasteiger partial charge is 0.243 e. The second-order valence-electron chi connectivity index (χ2n) is 4.02. The first-order chi connectivity index (χ1) is 7.57. The van der Waals surface area contributed by atoms with Crippen LogP contribution >= 0.6 is 0 Å². The van der Waals surface area contributed by atoms with E-state index in [1.165, 1.54) is 0 Å². The number of amides is 1. The van der Waals surface area contributed by atoms with Gasteiger partial charge in [0.25, 0.3) is 0 Å². The Balaban J connectivity index is 2.75. The molecule has 0 saturated carbocycles. The fourth-order valence-electron chi connectivity index (χ4n) is 1.40. The summed E-state index contributed by atoms with van der Waals surface area (Å²) >= 11 is 0. The molecule has 1 aromatic rings. The molecule has 0 aliphatic heterocycles. The number of pyridine rings is 1. The minimum atomic E-state index is -0.449. The van der Waals surface area contributed by atoms with Crippen molar-refractivity contribution in [3.05, 3.63) is 24.5 Å². The first-order valence-electron chi connectivity index (χ1n) is 5.51. The Hall–Kier alpha value is -1.42. The summed E-state index contributed by atoms with van der Waals surface area (Å²) in [6.45, 7) is 4.02. The van der Waals surface area contributed by atoms with Gasteiger partial charge in [0.05, 0.1) is 17.9 Å². The van der Waals surface area contributed by atoms with Crippen LogP contribution in [0.25, 0.3) is 0 Å². The highest BCUT2D eigenvalue weighted by Crippen LogP contribution is 2.14. The molecule has 1 amide bonds. The van der Waals surface area contributed by atoms with Crippen LogP contribution in [0.4, 0.5) is 5.69 Å². The second kappa shape index (κ2) is 5.61. The third-order valence-electron chi connectivity index (χ3n) is 2.91. The minimum Gasteiger partial charge on any atom is -0.320 e. The average molecular weight is 221 g/mol. The van der Waals surface area contributed by atoms with Crippen molar-refractivity contribution < 1.29 is 4.79 Å². The van der Waals surface area contributed by atoms with Crippen LogP contribution in [0.2, 0.25) is 0 Å². The lowest BCUT2D eigenvalue weighted by Crippen LogP contribution is -2.45. The highest BCUT2D eigenvalue weighted by molar-refractivity contribution is 5.96. The van der Waals surface area contributed by atoms with Crippen molar-refractivity contribution in [1.29, 1.82) is 0 Å². The van der Waals surface area contributed by atoms with Crippen LogP contribution < -0.4 is 10.6 Å². The molecule has 16 heavy (non-hydrogen) atoms. The van der Waals surface area contributed by atoms with Crippen molar-refractivity contribution in [2.24, 2.45) is 11.7 Å². The van der Waals surface area contributed by atoms with E-state index >= 15 is 0 Å². The lowest BCUT2D eigenvalue weighted by molar-refractivity contribution is -0.120. The Bertz CT molecular complexity index is 339. The van der Waals surface area contributed by atoms with Crippen LogP contribution in [0, 0.1) is 5.92 Å². The molecule has 0 aliphatic rings. The van der Waals surface area contributed by atoms with Crippen LogP contribution in [-0.2, 0) is 4.79 Å². The molecule has 0 aliphatic carbocycles. The Kier molecular flexibility index (Phi) is 4.43. The van der Waals surface area contributed by atoms with Gasteiger partial charge < -0.3 is 10.6 Å². The van der Waals surface area contributed by atoms with E-state index in [9.17, 15) is 4.79 Å². The highest BCUT2D eigenvalue weighted by Gasteiger charge is 2.23. The molecule has 2 atom stereocenters. The number of likely N-dealkylation sites (N-methyl/N-ethyl adjacent to an activating group) is 1. The van der Waals surface area contributed by atoms with E-state index in [2.05, 4.69) is 4.98 Å². The summed E-state index contributed by atoms with van der Waals surface area (Å²) in [5.74, 6) is 0.119. The predicted molar refractivity (Wildman–Crippen MR) is 65.1 cm³/mol. The molecule has 0 fully saturated rings. The summed E-state index contributed by atoms with van der Waals surface area (Å²) in [7, 11) is 1.72. The third kappa shape index (κ3) is 2.79. The average Bonchev–Trinajstić information content (AvgIpc) is 2.36. The Labute approximate surface area is 96.5 Å². The highest BCUT2D eigenvalue weighted by atomic mass is 16.2. The zero-order chi connectivity index (χ0) is 12.1. The van der Waals surface area contributed by atoms with E-state index in [0.717, 1.165) is 12.1 Å². The van der Waals surface area contributed by atoms with Crippen molar-refractivity contribution in [2.45, 2.75) is 26.3 Å². The van der Waals surface area contributed by atoms with Crippen LogP contribution in [0.5, 0.6) is 0 Å². The summed E-state index contributed by atoms with van der Waals surface area (Å²) in [5.41, 5.74) is 6.67. The van der Waals surface area contributed by atoms with Crippen molar-refractivity contribution in [2.75, 3.05) is 11.9 Å². The maximum absolute atomic E-state index is 12.0. The normalized spacial score (nSPS) is 14.2. The Morgan fingerprint density at radius 3 is 2.81 bits per heavy atom. The maximum Gasteiger partial charge on any atom is 0.243 e. The fraction of sp³-hybridized carbons (Fsp3) is 0.500. The Morgan fingerprint density at radius 2 is 2.31 bits per heavy atom. The van der Waals surface area contributed by atoms with Crippen molar-refractivity contribution in [3.8, 4) is 0 Å². The number of hydrogen-bond acceptors (Lipinski definition) is 3. The van der Waals surface area contributed by atoms with Crippen LogP contribution in [0.3, 0.4) is 0 Å². The molecule has 2 N–H and O–H groups in total. The number of rotatable bonds is 4. The molecule has 0 radical (unpaired) electrons. The van der Waals surface area contributed by atoms with Gasteiger partial charge in [0.1, 0.15) is 0 Å². The number of nitrogens with two attached hydrogens (primary N) is 1. The van der Waals surface area contributed by atoms with Crippen molar-refractivity contribution in [1.82, 2.24) is 4.98 Å². The topological polar surface area (TPSA) is 59.2 Å². The van der Waals surface area contributed by atoms with Crippen LogP contribution in [-0.4, -0.2) is 24.0 Å². The quantitative estimate of drug-likeness (QED) is 0.836. The van der Waals surface area contributed by atoms with E-state index in [1.807, 2.05) is 19.9 Å². The van der Waals surface area contributed by atoms with Crippen LogP contribution in [0.15, 0.2) is 24.5 Å². The first-order valence-corrected chi connectivity index (χ1v) is 5.51. The molecule has 1 rings (SSSR count). The van der Waals surface area contributed by atoms with Gasteiger partial charge in [-0.25, -0.2) is 0 Å². The van der Waals surface area contributed by atoms with Gasteiger partial charge in [0.2, 0.25) is 5.91 Å². The summed E-state index contributed by atoms with van der Waals surface area (Å²) in [6, 6.07) is 3.19. The third-order valence-corrected chi connectivity index (χ3v) is 2.91. The molecule has 4 nitrogen and oxygen atoms in total. The number of aromatic nitrogens is 1. The van der Waals surface area contributed by atoms with Gasteiger partial charge in [-0.3, -0.25) is 9.78 Å². The molecule has 0 bridgehead atoms. The SMILES string of the molecule is CCC(C)[C@H](N)C(=O)N(C)c1cccnc1. The van der Waals surface area contributed by atoms with Crippen molar-refractivity contribution in [3.63, 3.8) is 0 Å². The maximum atomic E-state index is 12.0. The monoisotopic (exact) mass is 221 g/mol. The lowest BCUT2D eigenvalue weighted by atomic mass is 9.99.